The van der Waals surface area contributed by atoms with E-state index in [1.54, 1.807) is 0 Å². The number of nitrogens with one attached hydrogen (secondary N) is 1. The highest BCUT2D eigenvalue weighted by atomic mass is 79.9. The number of hydrogen-bond acceptors (Lipinski definition) is 2. The minimum atomic E-state index is 0.425. The van der Waals surface area contributed by atoms with E-state index in [9.17, 15) is 0 Å². The molecule has 1 N–H and O–H groups in total. The molecule has 0 aliphatic heterocycles. The second kappa shape index (κ2) is 6.76. The molecule has 3 atom stereocenters. The van der Waals surface area contributed by atoms with Crippen molar-refractivity contribution in [3.63, 3.8) is 0 Å². The molecule has 2 nitrogen and oxygen atoms in total. The fraction of sp³-hybridized carbons (Fsp3) is 0.625. The Kier molecular flexibility index (Phi) is 5.28. The molecule has 0 amide bonds. The molecule has 0 aromatic heterocycles. The van der Waals surface area contributed by atoms with Crippen LogP contribution in [0.25, 0.3) is 0 Å². The molecule has 1 saturated carbocycles. The first kappa shape index (κ1) is 14.9. The van der Waals surface area contributed by atoms with Crippen LogP contribution < -0.4 is 10.1 Å². The van der Waals surface area contributed by atoms with Gasteiger partial charge in [-0.1, -0.05) is 29.8 Å². The minimum Gasteiger partial charge on any atom is -0.494 e. The zero-order valence-corrected chi connectivity index (χ0v) is 13.7. The summed E-state index contributed by atoms with van der Waals surface area (Å²) in [4.78, 5) is 0. The van der Waals surface area contributed by atoms with Gasteiger partial charge in [0, 0.05) is 16.1 Å². The van der Waals surface area contributed by atoms with Gasteiger partial charge in [0.2, 0.25) is 0 Å². The summed E-state index contributed by atoms with van der Waals surface area (Å²) in [6, 6.07) is 6.77. The molecule has 0 heterocycles. The molecule has 1 aromatic rings. The summed E-state index contributed by atoms with van der Waals surface area (Å²) in [5, 5.41) is 3.70. The van der Waals surface area contributed by atoms with Crippen LogP contribution in [0.5, 0.6) is 5.75 Å². The highest BCUT2D eigenvalue weighted by molar-refractivity contribution is 9.10. The highest BCUT2D eigenvalue weighted by Crippen LogP contribution is 2.49. The lowest BCUT2D eigenvalue weighted by molar-refractivity contribution is 0.327. The van der Waals surface area contributed by atoms with Crippen LogP contribution in [0.2, 0.25) is 0 Å². The third kappa shape index (κ3) is 3.73. The average Bonchev–Trinajstić information content (AvgIpc) is 3.10. The van der Waals surface area contributed by atoms with E-state index in [4.69, 9.17) is 4.74 Å². The van der Waals surface area contributed by atoms with Gasteiger partial charge in [-0.2, -0.15) is 0 Å². The summed E-state index contributed by atoms with van der Waals surface area (Å²) in [7, 11) is 0. The van der Waals surface area contributed by atoms with Crippen molar-refractivity contribution in [3.05, 3.63) is 28.2 Å². The number of benzene rings is 1. The van der Waals surface area contributed by atoms with Crippen LogP contribution in [0.3, 0.4) is 0 Å². The standard InChI is InChI=1S/C16H24BrNO/c1-4-8-18-16(13-9-11(13)3)14-10-12(17)6-7-15(14)19-5-2/h6-7,10-11,13,16,18H,4-5,8-9H2,1-3H3. The van der Waals surface area contributed by atoms with Crippen molar-refractivity contribution >= 4 is 15.9 Å². The maximum Gasteiger partial charge on any atom is 0.124 e. The van der Waals surface area contributed by atoms with Crippen LogP contribution in [0, 0.1) is 11.8 Å². The van der Waals surface area contributed by atoms with Gasteiger partial charge >= 0.3 is 0 Å². The van der Waals surface area contributed by atoms with Gasteiger partial charge < -0.3 is 10.1 Å². The number of rotatable bonds is 7. The molecule has 1 aliphatic rings. The first-order chi connectivity index (χ1) is 9.17. The normalized spacial score (nSPS) is 23.2. The van der Waals surface area contributed by atoms with Gasteiger partial charge in [-0.05, 0) is 56.3 Å². The van der Waals surface area contributed by atoms with Crippen LogP contribution in [-0.4, -0.2) is 13.2 Å². The third-order valence-corrected chi connectivity index (χ3v) is 4.31. The highest BCUT2D eigenvalue weighted by Gasteiger charge is 2.40. The Hall–Kier alpha value is -0.540. The molecule has 19 heavy (non-hydrogen) atoms. The Balaban J connectivity index is 2.25. The molecule has 0 saturated heterocycles. The van der Waals surface area contributed by atoms with E-state index in [0.29, 0.717) is 6.04 Å². The minimum absolute atomic E-state index is 0.425. The van der Waals surface area contributed by atoms with Gasteiger partial charge in [-0.25, -0.2) is 0 Å². The number of ether oxygens (including phenoxy) is 1. The molecule has 1 fully saturated rings. The molecular weight excluding hydrogens is 302 g/mol. The average molecular weight is 326 g/mol. The van der Waals surface area contributed by atoms with Crippen molar-refractivity contribution in [1.29, 1.82) is 0 Å². The van der Waals surface area contributed by atoms with Gasteiger partial charge in [0.05, 0.1) is 6.61 Å². The fourth-order valence-corrected chi connectivity index (χ4v) is 3.04. The smallest absolute Gasteiger partial charge is 0.124 e. The lowest BCUT2D eigenvalue weighted by atomic mass is 10.00. The number of halogens is 1. The lowest BCUT2D eigenvalue weighted by Crippen LogP contribution is -2.25. The molecule has 2 rings (SSSR count). The van der Waals surface area contributed by atoms with Gasteiger partial charge in [-0.15, -0.1) is 0 Å². The quantitative estimate of drug-likeness (QED) is 0.794. The maximum atomic E-state index is 5.81. The molecule has 3 unspecified atom stereocenters. The van der Waals surface area contributed by atoms with Crippen LogP contribution in [0.4, 0.5) is 0 Å². The third-order valence-electron chi connectivity index (χ3n) is 3.82. The van der Waals surface area contributed by atoms with Crippen molar-refractivity contribution in [2.45, 2.75) is 39.7 Å². The molecule has 0 radical (unpaired) electrons. The summed E-state index contributed by atoms with van der Waals surface area (Å²) in [6.45, 7) is 8.37. The van der Waals surface area contributed by atoms with E-state index in [1.165, 1.54) is 12.0 Å². The molecular formula is C16H24BrNO. The zero-order chi connectivity index (χ0) is 13.8. The molecule has 1 aliphatic carbocycles. The van der Waals surface area contributed by atoms with Crippen molar-refractivity contribution < 1.29 is 4.74 Å². The Morgan fingerprint density at radius 3 is 2.74 bits per heavy atom. The van der Waals surface area contributed by atoms with E-state index in [0.717, 1.165) is 41.6 Å². The summed E-state index contributed by atoms with van der Waals surface area (Å²) in [5.41, 5.74) is 1.30. The van der Waals surface area contributed by atoms with E-state index in [-0.39, 0.29) is 0 Å². The van der Waals surface area contributed by atoms with Crippen LogP contribution in [-0.2, 0) is 0 Å². The topological polar surface area (TPSA) is 21.3 Å². The first-order valence-corrected chi connectivity index (χ1v) is 8.12. The van der Waals surface area contributed by atoms with Gasteiger partial charge in [0.15, 0.2) is 0 Å². The summed E-state index contributed by atoms with van der Waals surface area (Å²) < 4.78 is 6.93. The molecule has 106 valence electrons. The summed E-state index contributed by atoms with van der Waals surface area (Å²) in [6.07, 6.45) is 2.48. The predicted octanol–water partition coefficient (Wildman–Crippen LogP) is 4.54. The van der Waals surface area contributed by atoms with E-state index in [2.05, 4.69) is 53.3 Å². The second-order valence-electron chi connectivity index (χ2n) is 5.42. The van der Waals surface area contributed by atoms with E-state index >= 15 is 0 Å². The van der Waals surface area contributed by atoms with Crippen molar-refractivity contribution in [1.82, 2.24) is 5.32 Å². The monoisotopic (exact) mass is 325 g/mol. The summed E-state index contributed by atoms with van der Waals surface area (Å²) in [5.74, 6) is 2.60. The Bertz CT molecular complexity index is 421. The Morgan fingerprint density at radius 2 is 2.16 bits per heavy atom. The fourth-order valence-electron chi connectivity index (χ4n) is 2.66. The molecule has 0 bridgehead atoms. The molecule has 1 aromatic carbocycles. The first-order valence-electron chi connectivity index (χ1n) is 7.33. The van der Waals surface area contributed by atoms with Crippen molar-refractivity contribution in [2.24, 2.45) is 11.8 Å². The largest absolute Gasteiger partial charge is 0.494 e. The molecule has 3 heteroatoms. The van der Waals surface area contributed by atoms with E-state index in [1.807, 2.05) is 6.92 Å². The van der Waals surface area contributed by atoms with Crippen molar-refractivity contribution in [3.8, 4) is 5.75 Å². The zero-order valence-electron chi connectivity index (χ0n) is 12.1. The second-order valence-corrected chi connectivity index (χ2v) is 6.34. The maximum absolute atomic E-state index is 5.81. The van der Waals surface area contributed by atoms with Gasteiger partial charge in [0.1, 0.15) is 5.75 Å². The Morgan fingerprint density at radius 1 is 1.42 bits per heavy atom. The van der Waals surface area contributed by atoms with Crippen LogP contribution in [0.15, 0.2) is 22.7 Å². The van der Waals surface area contributed by atoms with Crippen molar-refractivity contribution in [2.75, 3.05) is 13.2 Å². The van der Waals surface area contributed by atoms with Gasteiger partial charge in [0.25, 0.3) is 0 Å². The van der Waals surface area contributed by atoms with Crippen LogP contribution in [0.1, 0.15) is 45.2 Å². The summed E-state index contributed by atoms with van der Waals surface area (Å²) >= 11 is 3.59. The predicted molar refractivity (Wildman–Crippen MR) is 83.6 cm³/mol. The van der Waals surface area contributed by atoms with Crippen LogP contribution >= 0.6 is 15.9 Å². The Labute approximate surface area is 125 Å². The van der Waals surface area contributed by atoms with E-state index < -0.39 is 0 Å². The molecule has 0 spiro atoms. The van der Waals surface area contributed by atoms with Gasteiger partial charge in [-0.3, -0.25) is 0 Å². The SMILES string of the molecule is CCCNC(c1cc(Br)ccc1OCC)C1CC1C. The lowest BCUT2D eigenvalue weighted by Gasteiger charge is -2.22. The number of hydrogen-bond donors (Lipinski definition) is 1.